The van der Waals surface area contributed by atoms with Gasteiger partial charge in [0, 0.05) is 34.4 Å². The number of carbonyl (C=O) groups is 3. The number of allylic oxidation sites excluding steroid dienone is 4. The molecule has 0 unspecified atom stereocenters. The first-order chi connectivity index (χ1) is 16.8. The van der Waals surface area contributed by atoms with Crippen molar-refractivity contribution in [1.82, 2.24) is 0 Å². The van der Waals surface area contributed by atoms with Gasteiger partial charge >= 0.3 is 5.97 Å². The van der Waals surface area contributed by atoms with Crippen LogP contribution in [-0.4, -0.2) is 32.9 Å². The summed E-state index contributed by atoms with van der Waals surface area (Å²) in [5.74, 6) is -2.71. The molecule has 3 aromatic rings. The molecule has 0 spiro atoms. The maximum atomic E-state index is 14.1. The number of benzene rings is 3. The number of esters is 1. The van der Waals surface area contributed by atoms with Crippen LogP contribution < -0.4 is 4.74 Å². The van der Waals surface area contributed by atoms with E-state index in [1.807, 2.05) is 0 Å². The van der Waals surface area contributed by atoms with E-state index < -0.39 is 28.7 Å². The summed E-state index contributed by atoms with van der Waals surface area (Å²) in [6.07, 6.45) is 2.22. The highest BCUT2D eigenvalue weighted by atomic mass is 16.5. The Kier molecular flexibility index (Phi) is 4.16. The molecule has 0 amide bonds. The van der Waals surface area contributed by atoms with Crippen molar-refractivity contribution in [2.75, 3.05) is 0 Å². The molecule has 3 aromatic carbocycles. The Labute approximate surface area is 198 Å². The van der Waals surface area contributed by atoms with Crippen molar-refractivity contribution in [3.63, 3.8) is 0 Å². The predicted octanol–water partition coefficient (Wildman–Crippen LogP) is 3.90. The third-order valence-corrected chi connectivity index (χ3v) is 6.55. The molecule has 1 atom stereocenters. The molecule has 0 radical (unpaired) electrons. The van der Waals surface area contributed by atoms with Crippen molar-refractivity contribution in [1.29, 1.82) is 0 Å². The van der Waals surface area contributed by atoms with Gasteiger partial charge in [0.1, 0.15) is 28.4 Å². The number of phenols is 2. The maximum Gasteiger partial charge on any atom is 0.331 e. The van der Waals surface area contributed by atoms with Gasteiger partial charge in [-0.05, 0) is 41.0 Å². The SMILES string of the molecule is O=C1C=C(O)C2=C(c3ccc(O)cc3)C(=O)c3cc(O)cc4c3[C@@](c3ccccc3)(C(=O)O4)C2=C1. The quantitative estimate of drug-likeness (QED) is 0.388. The Bertz CT molecular complexity index is 1570. The summed E-state index contributed by atoms with van der Waals surface area (Å²) >= 11 is 0. The van der Waals surface area contributed by atoms with Crippen molar-refractivity contribution in [2.24, 2.45) is 0 Å². The zero-order valence-electron chi connectivity index (χ0n) is 18.0. The van der Waals surface area contributed by atoms with Crippen LogP contribution >= 0.6 is 0 Å². The third-order valence-electron chi connectivity index (χ3n) is 6.55. The van der Waals surface area contributed by atoms with Crippen LogP contribution in [0.15, 0.2) is 95.8 Å². The first kappa shape index (κ1) is 20.7. The number of aliphatic hydroxyl groups excluding tert-OH is 1. The van der Waals surface area contributed by atoms with Gasteiger partial charge < -0.3 is 20.1 Å². The van der Waals surface area contributed by atoms with Gasteiger partial charge in [0.15, 0.2) is 11.6 Å². The first-order valence-corrected chi connectivity index (χ1v) is 10.7. The Balaban J connectivity index is 1.84. The van der Waals surface area contributed by atoms with E-state index in [1.54, 1.807) is 30.3 Å². The second kappa shape index (κ2) is 7.04. The molecule has 3 N–H and O–H groups in total. The van der Waals surface area contributed by atoms with E-state index >= 15 is 0 Å². The van der Waals surface area contributed by atoms with Gasteiger partial charge in [0.25, 0.3) is 0 Å². The van der Waals surface area contributed by atoms with E-state index in [0.717, 1.165) is 6.08 Å². The summed E-state index contributed by atoms with van der Waals surface area (Å²) in [5.41, 5.74) is -0.664. The van der Waals surface area contributed by atoms with E-state index in [2.05, 4.69) is 0 Å². The van der Waals surface area contributed by atoms with E-state index in [9.17, 15) is 29.7 Å². The fourth-order valence-electron chi connectivity index (χ4n) is 5.19. The molecule has 3 aliphatic rings. The van der Waals surface area contributed by atoms with E-state index in [1.165, 1.54) is 42.5 Å². The summed E-state index contributed by atoms with van der Waals surface area (Å²) in [6.45, 7) is 0. The average molecular weight is 464 g/mol. The lowest BCUT2D eigenvalue weighted by Crippen LogP contribution is -2.39. The molecule has 0 aromatic heterocycles. The minimum absolute atomic E-state index is 0.000766. The smallest absolute Gasteiger partial charge is 0.331 e. The lowest BCUT2D eigenvalue weighted by atomic mass is 9.66. The number of carbonyl (C=O) groups excluding carboxylic acids is 3. The topological polar surface area (TPSA) is 121 Å². The van der Waals surface area contributed by atoms with Gasteiger partial charge in [0.2, 0.25) is 0 Å². The fourth-order valence-corrected chi connectivity index (χ4v) is 5.19. The van der Waals surface area contributed by atoms with Crippen molar-refractivity contribution in [2.45, 2.75) is 5.41 Å². The zero-order chi connectivity index (χ0) is 24.5. The number of hydrogen-bond acceptors (Lipinski definition) is 7. The van der Waals surface area contributed by atoms with Gasteiger partial charge in [-0.25, -0.2) is 4.79 Å². The maximum absolute atomic E-state index is 14.1. The molecular formula is C28H16O7. The van der Waals surface area contributed by atoms with Crippen molar-refractivity contribution in [3.05, 3.63) is 118 Å². The number of rotatable bonds is 2. The van der Waals surface area contributed by atoms with Gasteiger partial charge in [-0.3, -0.25) is 9.59 Å². The van der Waals surface area contributed by atoms with E-state index in [-0.39, 0.29) is 45.1 Å². The van der Waals surface area contributed by atoms with Gasteiger partial charge in [0.05, 0.1) is 0 Å². The highest BCUT2D eigenvalue weighted by Crippen LogP contribution is 2.58. The normalized spacial score (nSPS) is 20.5. The molecule has 7 heteroatoms. The number of hydrogen-bond donors (Lipinski definition) is 3. The number of ketones is 2. The Hall–Kier alpha value is -4.91. The summed E-state index contributed by atoms with van der Waals surface area (Å²) in [4.78, 5) is 40.6. The monoisotopic (exact) mass is 464 g/mol. The molecular weight excluding hydrogens is 448 g/mol. The number of aliphatic hydroxyl groups is 1. The van der Waals surface area contributed by atoms with Crippen LogP contribution in [0.25, 0.3) is 5.57 Å². The highest BCUT2D eigenvalue weighted by Gasteiger charge is 2.59. The number of fused-ring (bicyclic) bond motifs is 2. The second-order valence-corrected chi connectivity index (χ2v) is 8.49. The molecule has 35 heavy (non-hydrogen) atoms. The number of phenolic OH excluding ortho intramolecular Hbond substituents is 2. The van der Waals surface area contributed by atoms with E-state index in [4.69, 9.17) is 4.74 Å². The number of Topliss-reactive ketones (excluding diaryl/α,β-unsaturated/α-hetero) is 1. The fraction of sp³-hybridized carbons (Fsp3) is 0.0357. The van der Waals surface area contributed by atoms with Crippen LogP contribution in [0.2, 0.25) is 0 Å². The molecule has 7 nitrogen and oxygen atoms in total. The lowest BCUT2D eigenvalue weighted by molar-refractivity contribution is -0.135. The number of ether oxygens (including phenoxy) is 1. The average Bonchev–Trinajstić information content (AvgIpc) is 3.08. The zero-order valence-corrected chi connectivity index (χ0v) is 18.0. The van der Waals surface area contributed by atoms with Crippen molar-refractivity contribution in [3.8, 4) is 17.2 Å². The summed E-state index contributed by atoms with van der Waals surface area (Å²) in [7, 11) is 0. The number of aromatic hydroxyl groups is 2. The van der Waals surface area contributed by atoms with Crippen LogP contribution in [0.1, 0.15) is 27.0 Å². The van der Waals surface area contributed by atoms with Gasteiger partial charge in [-0.1, -0.05) is 42.5 Å². The Morgan fingerprint density at radius 3 is 2.17 bits per heavy atom. The molecule has 0 fully saturated rings. The minimum Gasteiger partial charge on any atom is -0.508 e. The molecule has 0 bridgehead atoms. The van der Waals surface area contributed by atoms with Crippen molar-refractivity contribution >= 4 is 23.1 Å². The summed E-state index contributed by atoms with van der Waals surface area (Å²) in [5, 5.41) is 31.2. The molecule has 1 aliphatic heterocycles. The Morgan fingerprint density at radius 2 is 1.46 bits per heavy atom. The van der Waals surface area contributed by atoms with Crippen LogP contribution in [0.4, 0.5) is 0 Å². The second-order valence-electron chi connectivity index (χ2n) is 8.49. The summed E-state index contributed by atoms with van der Waals surface area (Å²) < 4.78 is 5.59. The molecule has 0 saturated heterocycles. The molecule has 2 aliphatic carbocycles. The molecule has 6 rings (SSSR count). The van der Waals surface area contributed by atoms with Crippen LogP contribution in [0, 0.1) is 0 Å². The first-order valence-electron chi connectivity index (χ1n) is 10.7. The highest BCUT2D eigenvalue weighted by molar-refractivity contribution is 6.34. The largest absolute Gasteiger partial charge is 0.508 e. The Morgan fingerprint density at radius 1 is 0.743 bits per heavy atom. The molecule has 170 valence electrons. The van der Waals surface area contributed by atoms with Crippen LogP contribution in [0.3, 0.4) is 0 Å². The molecule has 1 heterocycles. The van der Waals surface area contributed by atoms with Crippen LogP contribution in [0.5, 0.6) is 17.2 Å². The minimum atomic E-state index is -1.75. The van der Waals surface area contributed by atoms with Crippen molar-refractivity contribution < 1.29 is 34.4 Å². The third kappa shape index (κ3) is 2.69. The molecule has 0 saturated carbocycles. The standard InChI is InChI=1S/C28H16O7/c29-16-8-6-14(7-9-16)23-24-20(11-18(31)12-21(24)32)28(15-4-2-1-3-5-15)25-19(26(23)33)10-17(30)13-22(25)35-27(28)34/h1-13,29-30,32H/t28-/m0/s1. The van der Waals surface area contributed by atoms with Gasteiger partial charge in [-0.15, -0.1) is 0 Å². The van der Waals surface area contributed by atoms with E-state index in [0.29, 0.717) is 11.1 Å². The van der Waals surface area contributed by atoms with Crippen LogP contribution in [-0.2, 0) is 15.0 Å². The van der Waals surface area contributed by atoms with Gasteiger partial charge in [-0.2, -0.15) is 0 Å². The predicted molar refractivity (Wildman–Crippen MR) is 124 cm³/mol. The lowest BCUT2D eigenvalue weighted by Gasteiger charge is -2.32. The summed E-state index contributed by atoms with van der Waals surface area (Å²) in [6, 6.07) is 16.8.